The van der Waals surface area contributed by atoms with Crippen molar-refractivity contribution < 1.29 is 4.74 Å². The van der Waals surface area contributed by atoms with Gasteiger partial charge in [-0.1, -0.05) is 34.8 Å². The molecule has 1 aromatic rings. The Morgan fingerprint density at radius 1 is 1.13 bits per heavy atom. The van der Waals surface area contributed by atoms with Crippen LogP contribution in [0.15, 0.2) is 6.07 Å². The molecule has 0 atom stereocenters. The predicted molar refractivity (Wildman–Crippen MR) is 62.3 cm³/mol. The topological polar surface area (TPSA) is 25.4 Å². The number of ether oxygens (including phenoxy) is 1. The van der Waals surface area contributed by atoms with Crippen molar-refractivity contribution >= 4 is 40.6 Å². The van der Waals surface area contributed by atoms with Crippen LogP contribution in [0, 0.1) is 0 Å². The normalized spacial score (nSPS) is 16.9. The summed E-state index contributed by atoms with van der Waals surface area (Å²) in [5.74, 6) is 0.675. The Morgan fingerprint density at radius 2 is 1.80 bits per heavy atom. The lowest BCUT2D eigenvalue weighted by atomic mass is 10.3. The van der Waals surface area contributed by atoms with Gasteiger partial charge in [0.05, 0.1) is 23.3 Å². The molecule has 1 aliphatic heterocycles. The molecule has 0 N–H and O–H groups in total. The summed E-state index contributed by atoms with van der Waals surface area (Å²) in [5, 5.41) is 1.17. The fraction of sp³-hybridized carbons (Fsp3) is 0.444. The predicted octanol–water partition coefficient (Wildman–Crippen LogP) is 2.88. The number of halogens is 3. The second-order valence-electron chi connectivity index (χ2n) is 3.17. The van der Waals surface area contributed by atoms with Crippen LogP contribution in [0.4, 0.5) is 5.82 Å². The van der Waals surface area contributed by atoms with Crippen LogP contribution in [-0.4, -0.2) is 31.3 Å². The van der Waals surface area contributed by atoms with Crippen LogP contribution in [0.3, 0.4) is 0 Å². The van der Waals surface area contributed by atoms with Crippen molar-refractivity contribution in [3.05, 3.63) is 21.3 Å². The van der Waals surface area contributed by atoms with Crippen LogP contribution in [0.5, 0.6) is 0 Å². The standard InChI is InChI=1S/C9H9Cl3N2O/c10-6-5-7(11)9(13-8(6)12)14-1-3-15-4-2-14/h5H,1-4H2. The lowest BCUT2D eigenvalue weighted by molar-refractivity contribution is 0.122. The highest BCUT2D eigenvalue weighted by molar-refractivity contribution is 6.42. The first-order valence-electron chi connectivity index (χ1n) is 4.52. The molecule has 0 spiro atoms. The van der Waals surface area contributed by atoms with Gasteiger partial charge >= 0.3 is 0 Å². The van der Waals surface area contributed by atoms with E-state index in [0.29, 0.717) is 29.1 Å². The van der Waals surface area contributed by atoms with Gasteiger partial charge in [0.25, 0.3) is 0 Å². The number of anilines is 1. The number of hydrogen-bond donors (Lipinski definition) is 0. The summed E-state index contributed by atoms with van der Waals surface area (Å²) < 4.78 is 5.24. The lowest BCUT2D eigenvalue weighted by Crippen LogP contribution is -2.37. The molecule has 0 aliphatic carbocycles. The summed E-state index contributed by atoms with van der Waals surface area (Å²) in [7, 11) is 0. The second-order valence-corrected chi connectivity index (χ2v) is 4.34. The van der Waals surface area contributed by atoms with E-state index in [-0.39, 0.29) is 5.15 Å². The molecule has 3 nitrogen and oxygen atoms in total. The minimum atomic E-state index is 0.280. The van der Waals surface area contributed by atoms with E-state index < -0.39 is 0 Å². The summed E-state index contributed by atoms with van der Waals surface area (Å²) in [5.41, 5.74) is 0. The minimum Gasteiger partial charge on any atom is -0.378 e. The molecule has 2 heterocycles. The Balaban J connectivity index is 2.30. The number of pyridine rings is 1. The van der Waals surface area contributed by atoms with Gasteiger partial charge in [-0.05, 0) is 6.07 Å². The maximum Gasteiger partial charge on any atom is 0.150 e. The fourth-order valence-corrected chi connectivity index (χ4v) is 2.04. The third-order valence-corrected chi connectivity index (χ3v) is 3.13. The number of rotatable bonds is 1. The molecule has 0 amide bonds. The van der Waals surface area contributed by atoms with Crippen LogP contribution in [0.2, 0.25) is 15.2 Å². The molecular formula is C9H9Cl3N2O. The SMILES string of the molecule is Clc1cc(Cl)c(N2CCOCC2)nc1Cl. The van der Waals surface area contributed by atoms with Crippen LogP contribution in [-0.2, 0) is 4.74 Å². The Bertz CT molecular complexity index is 367. The molecule has 0 bridgehead atoms. The highest BCUT2D eigenvalue weighted by Crippen LogP contribution is 2.31. The Morgan fingerprint density at radius 3 is 2.47 bits per heavy atom. The molecule has 1 aliphatic rings. The molecule has 1 saturated heterocycles. The first kappa shape index (κ1) is 11.3. The first-order valence-corrected chi connectivity index (χ1v) is 5.66. The zero-order chi connectivity index (χ0) is 10.8. The van der Waals surface area contributed by atoms with E-state index >= 15 is 0 Å². The van der Waals surface area contributed by atoms with Gasteiger partial charge in [0.1, 0.15) is 11.0 Å². The van der Waals surface area contributed by atoms with E-state index in [1.165, 1.54) is 0 Å². The molecule has 0 unspecified atom stereocenters. The van der Waals surface area contributed by atoms with Crippen molar-refractivity contribution in [1.29, 1.82) is 0 Å². The van der Waals surface area contributed by atoms with Gasteiger partial charge in [0, 0.05) is 13.1 Å². The quantitative estimate of drug-likeness (QED) is 0.732. The molecule has 0 saturated carbocycles. The average Bonchev–Trinajstić information content (AvgIpc) is 2.25. The van der Waals surface area contributed by atoms with E-state index in [1.54, 1.807) is 6.07 Å². The van der Waals surface area contributed by atoms with E-state index in [2.05, 4.69) is 4.98 Å². The molecule has 0 aromatic carbocycles. The maximum atomic E-state index is 6.05. The van der Waals surface area contributed by atoms with Gasteiger partial charge in [0.15, 0.2) is 0 Å². The smallest absolute Gasteiger partial charge is 0.150 e. The maximum absolute atomic E-state index is 6.05. The molecule has 1 fully saturated rings. The van der Waals surface area contributed by atoms with Gasteiger partial charge in [0.2, 0.25) is 0 Å². The summed E-state index contributed by atoms with van der Waals surface area (Å²) >= 11 is 17.7. The number of hydrogen-bond acceptors (Lipinski definition) is 3. The van der Waals surface area contributed by atoms with Crippen LogP contribution >= 0.6 is 34.8 Å². The summed E-state index contributed by atoms with van der Waals surface area (Å²) in [6, 6.07) is 1.61. The van der Waals surface area contributed by atoms with E-state index in [4.69, 9.17) is 39.5 Å². The van der Waals surface area contributed by atoms with Crippen molar-refractivity contribution in [3.63, 3.8) is 0 Å². The van der Waals surface area contributed by atoms with Gasteiger partial charge in [-0.25, -0.2) is 4.98 Å². The molecule has 6 heteroatoms. The van der Waals surface area contributed by atoms with E-state index in [9.17, 15) is 0 Å². The van der Waals surface area contributed by atoms with Crippen LogP contribution < -0.4 is 4.90 Å². The average molecular weight is 268 g/mol. The number of aromatic nitrogens is 1. The lowest BCUT2D eigenvalue weighted by Gasteiger charge is -2.28. The van der Waals surface area contributed by atoms with Crippen molar-refractivity contribution in [2.24, 2.45) is 0 Å². The summed E-state index contributed by atoms with van der Waals surface area (Å²) in [6.07, 6.45) is 0. The molecule has 2 rings (SSSR count). The molecule has 15 heavy (non-hydrogen) atoms. The van der Waals surface area contributed by atoms with Crippen molar-refractivity contribution in [2.45, 2.75) is 0 Å². The van der Waals surface area contributed by atoms with E-state index in [1.807, 2.05) is 4.90 Å². The van der Waals surface area contributed by atoms with Crippen molar-refractivity contribution in [2.75, 3.05) is 31.2 Å². The first-order chi connectivity index (χ1) is 7.18. The van der Waals surface area contributed by atoms with Crippen LogP contribution in [0.25, 0.3) is 0 Å². The highest BCUT2D eigenvalue weighted by atomic mass is 35.5. The second kappa shape index (κ2) is 4.74. The van der Waals surface area contributed by atoms with Crippen LogP contribution in [0.1, 0.15) is 0 Å². The third kappa shape index (κ3) is 2.48. The minimum absolute atomic E-state index is 0.280. The number of nitrogens with zero attached hydrogens (tertiary/aromatic N) is 2. The summed E-state index contributed by atoms with van der Waals surface area (Å²) in [4.78, 5) is 6.20. The molecule has 1 aromatic heterocycles. The largest absolute Gasteiger partial charge is 0.378 e. The van der Waals surface area contributed by atoms with Gasteiger partial charge in [-0.3, -0.25) is 0 Å². The monoisotopic (exact) mass is 266 g/mol. The van der Waals surface area contributed by atoms with Gasteiger partial charge < -0.3 is 9.64 Å². The zero-order valence-corrected chi connectivity index (χ0v) is 10.1. The van der Waals surface area contributed by atoms with Crippen molar-refractivity contribution in [1.82, 2.24) is 4.98 Å². The Hall–Kier alpha value is -0.220. The molecular weight excluding hydrogens is 258 g/mol. The van der Waals surface area contributed by atoms with Gasteiger partial charge in [-0.2, -0.15) is 0 Å². The highest BCUT2D eigenvalue weighted by Gasteiger charge is 2.17. The zero-order valence-electron chi connectivity index (χ0n) is 7.84. The molecule has 0 radical (unpaired) electrons. The third-order valence-electron chi connectivity index (χ3n) is 2.18. The Kier molecular flexibility index (Phi) is 3.57. The fourth-order valence-electron chi connectivity index (χ4n) is 1.43. The summed E-state index contributed by atoms with van der Waals surface area (Å²) in [6.45, 7) is 2.89. The number of morpholine rings is 1. The van der Waals surface area contributed by atoms with Crippen molar-refractivity contribution in [3.8, 4) is 0 Å². The Labute approximate surface area is 103 Å². The van der Waals surface area contributed by atoms with Gasteiger partial charge in [-0.15, -0.1) is 0 Å². The van der Waals surface area contributed by atoms with E-state index in [0.717, 1.165) is 13.1 Å². The molecule has 82 valence electrons.